The average Bonchev–Trinajstić information content (AvgIpc) is 3.37. The maximum atomic E-state index is 5.87. The van der Waals surface area contributed by atoms with Gasteiger partial charge in [-0.05, 0) is 108 Å². The van der Waals surface area contributed by atoms with Crippen LogP contribution in [0.1, 0.15) is 122 Å². The summed E-state index contributed by atoms with van der Waals surface area (Å²) in [4.78, 5) is 0. The van der Waals surface area contributed by atoms with Crippen LogP contribution in [-0.4, -0.2) is 6.54 Å². The molecule has 3 fully saturated rings. The average molecular weight is 438 g/mol. The molecule has 0 radical (unpaired) electrons. The molecule has 180 valence electrons. The summed E-state index contributed by atoms with van der Waals surface area (Å²) in [6, 6.07) is 10.1. The highest BCUT2D eigenvalue weighted by molar-refractivity contribution is 5.31. The first-order valence-electron chi connectivity index (χ1n) is 13.9. The van der Waals surface area contributed by atoms with Crippen LogP contribution in [0.5, 0.6) is 0 Å². The molecule has 3 saturated carbocycles. The van der Waals surface area contributed by atoms with Gasteiger partial charge in [-0.3, -0.25) is 0 Å². The Balaban J connectivity index is 1.54. The summed E-state index contributed by atoms with van der Waals surface area (Å²) >= 11 is 0. The second-order valence-electron chi connectivity index (χ2n) is 13.6. The second-order valence-corrected chi connectivity index (χ2v) is 13.6. The van der Waals surface area contributed by atoms with Crippen LogP contribution < -0.4 is 5.73 Å². The van der Waals surface area contributed by atoms with Crippen LogP contribution in [0, 0.1) is 40.4 Å². The molecule has 3 aliphatic rings. The summed E-state index contributed by atoms with van der Waals surface area (Å²) in [7, 11) is 0. The molecule has 1 aromatic carbocycles. The number of nitrogens with two attached hydrogens (primary N) is 1. The Labute approximate surface area is 199 Å². The van der Waals surface area contributed by atoms with Crippen LogP contribution in [0.4, 0.5) is 0 Å². The first kappa shape index (κ1) is 24.3. The standard InChI is InChI=1S/C31H51N/c1-21(11-10-18-32)31(5,6)28-25-19-26(27(20-25)29(28)30(2,3)4)24-16-14-23(15-17-24)22-12-8-7-9-13-22/h14-17,21-22,25-29H,7-13,18-20,32H2,1-6H3. The van der Waals surface area contributed by atoms with E-state index in [0.717, 1.165) is 48.0 Å². The first-order chi connectivity index (χ1) is 15.1. The van der Waals surface area contributed by atoms with Crippen molar-refractivity contribution in [2.45, 2.75) is 111 Å². The highest BCUT2D eigenvalue weighted by Gasteiger charge is 2.60. The normalized spacial score (nSPS) is 32.4. The van der Waals surface area contributed by atoms with E-state index in [1.807, 2.05) is 0 Å². The summed E-state index contributed by atoms with van der Waals surface area (Å²) in [5, 5.41) is 0. The number of hydrogen-bond donors (Lipinski definition) is 1. The van der Waals surface area contributed by atoms with Gasteiger partial charge in [0.1, 0.15) is 0 Å². The van der Waals surface area contributed by atoms with Gasteiger partial charge in [0.2, 0.25) is 0 Å². The molecule has 3 aliphatic carbocycles. The zero-order valence-electron chi connectivity index (χ0n) is 22.0. The lowest BCUT2D eigenvalue weighted by atomic mass is 9.53. The Morgan fingerprint density at radius 3 is 2.09 bits per heavy atom. The van der Waals surface area contributed by atoms with E-state index in [1.165, 1.54) is 57.8 Å². The van der Waals surface area contributed by atoms with Crippen LogP contribution in [0.2, 0.25) is 0 Å². The molecular weight excluding hydrogens is 386 g/mol. The molecule has 0 aliphatic heterocycles. The first-order valence-corrected chi connectivity index (χ1v) is 13.9. The fourth-order valence-corrected chi connectivity index (χ4v) is 8.57. The van der Waals surface area contributed by atoms with Crippen molar-refractivity contribution in [3.05, 3.63) is 35.4 Å². The molecule has 2 bridgehead atoms. The molecule has 32 heavy (non-hydrogen) atoms. The van der Waals surface area contributed by atoms with E-state index >= 15 is 0 Å². The lowest BCUT2D eigenvalue weighted by molar-refractivity contribution is -0.0223. The molecule has 6 atom stereocenters. The Hall–Kier alpha value is -0.820. The molecule has 0 spiro atoms. The van der Waals surface area contributed by atoms with Crippen LogP contribution in [0.3, 0.4) is 0 Å². The van der Waals surface area contributed by atoms with E-state index in [2.05, 4.69) is 65.8 Å². The third kappa shape index (κ3) is 4.57. The fraction of sp³-hybridized carbons (Fsp3) is 0.806. The van der Waals surface area contributed by atoms with Crippen molar-refractivity contribution in [1.29, 1.82) is 0 Å². The van der Waals surface area contributed by atoms with E-state index in [1.54, 1.807) is 11.1 Å². The maximum absolute atomic E-state index is 5.87. The van der Waals surface area contributed by atoms with Crippen molar-refractivity contribution in [3.8, 4) is 0 Å². The van der Waals surface area contributed by atoms with Gasteiger partial charge in [-0.2, -0.15) is 0 Å². The molecule has 4 rings (SSSR count). The summed E-state index contributed by atoms with van der Waals surface area (Å²) < 4.78 is 0. The van der Waals surface area contributed by atoms with Crippen molar-refractivity contribution >= 4 is 0 Å². The van der Waals surface area contributed by atoms with Gasteiger partial charge in [0.25, 0.3) is 0 Å². The minimum Gasteiger partial charge on any atom is -0.330 e. The SMILES string of the molecule is CC(CCCN)C(C)(C)C1C2CC(c3ccc(C4CCCCC4)cc3)C(C2)C1C(C)(C)C. The highest BCUT2D eigenvalue weighted by atomic mass is 14.6. The smallest absolute Gasteiger partial charge is 0.00772 e. The van der Waals surface area contributed by atoms with Crippen molar-refractivity contribution < 1.29 is 0 Å². The molecule has 1 aromatic rings. The molecule has 1 nitrogen and oxygen atoms in total. The van der Waals surface area contributed by atoms with Crippen LogP contribution in [0.15, 0.2) is 24.3 Å². The predicted molar refractivity (Wildman–Crippen MR) is 139 cm³/mol. The van der Waals surface area contributed by atoms with Gasteiger partial charge in [0, 0.05) is 0 Å². The molecule has 0 aromatic heterocycles. The van der Waals surface area contributed by atoms with Crippen LogP contribution in [-0.2, 0) is 0 Å². The molecule has 0 saturated heterocycles. The third-order valence-electron chi connectivity index (χ3n) is 10.4. The van der Waals surface area contributed by atoms with Crippen LogP contribution in [0.25, 0.3) is 0 Å². The van der Waals surface area contributed by atoms with Gasteiger partial charge in [0.05, 0.1) is 0 Å². The van der Waals surface area contributed by atoms with Crippen molar-refractivity contribution in [2.75, 3.05) is 6.54 Å². The van der Waals surface area contributed by atoms with E-state index in [4.69, 9.17) is 5.73 Å². The molecule has 2 N–H and O–H groups in total. The van der Waals surface area contributed by atoms with Gasteiger partial charge in [0.15, 0.2) is 0 Å². The zero-order chi connectivity index (χ0) is 23.1. The van der Waals surface area contributed by atoms with Crippen molar-refractivity contribution in [2.24, 2.45) is 46.2 Å². The molecule has 6 unspecified atom stereocenters. The van der Waals surface area contributed by atoms with Crippen LogP contribution >= 0.6 is 0 Å². The van der Waals surface area contributed by atoms with Crippen molar-refractivity contribution in [1.82, 2.24) is 0 Å². The third-order valence-corrected chi connectivity index (χ3v) is 10.4. The minimum atomic E-state index is 0.371. The van der Waals surface area contributed by atoms with Crippen molar-refractivity contribution in [3.63, 3.8) is 0 Å². The fourth-order valence-electron chi connectivity index (χ4n) is 8.57. The maximum Gasteiger partial charge on any atom is -0.00772 e. The van der Waals surface area contributed by atoms with E-state index in [9.17, 15) is 0 Å². The van der Waals surface area contributed by atoms with E-state index < -0.39 is 0 Å². The number of fused-ring (bicyclic) bond motifs is 2. The molecule has 0 amide bonds. The van der Waals surface area contributed by atoms with Gasteiger partial charge in [-0.25, -0.2) is 0 Å². The summed E-state index contributed by atoms with van der Waals surface area (Å²) in [5.74, 6) is 5.75. The number of benzene rings is 1. The molecule has 0 heterocycles. The van der Waals surface area contributed by atoms with Gasteiger partial charge in [-0.1, -0.05) is 85.1 Å². The predicted octanol–water partition coefficient (Wildman–Crippen LogP) is 8.54. The summed E-state index contributed by atoms with van der Waals surface area (Å²) in [6.45, 7) is 16.1. The van der Waals surface area contributed by atoms with Gasteiger partial charge >= 0.3 is 0 Å². The lowest BCUT2D eigenvalue weighted by Crippen LogP contribution is -2.45. The summed E-state index contributed by atoms with van der Waals surface area (Å²) in [6.07, 6.45) is 12.4. The Kier molecular flexibility index (Phi) is 7.17. The highest BCUT2D eigenvalue weighted by Crippen LogP contribution is 2.68. The second kappa shape index (κ2) is 9.44. The topological polar surface area (TPSA) is 26.0 Å². The largest absolute Gasteiger partial charge is 0.330 e. The number of hydrogen-bond acceptors (Lipinski definition) is 1. The Morgan fingerprint density at radius 1 is 0.875 bits per heavy atom. The summed E-state index contributed by atoms with van der Waals surface area (Å²) in [5.41, 5.74) is 9.88. The molecule has 1 heteroatoms. The molecular formula is C31H51N. The lowest BCUT2D eigenvalue weighted by Gasteiger charge is -2.52. The van der Waals surface area contributed by atoms with Gasteiger partial charge < -0.3 is 5.73 Å². The zero-order valence-corrected chi connectivity index (χ0v) is 22.0. The van der Waals surface area contributed by atoms with E-state index in [0.29, 0.717) is 10.8 Å². The van der Waals surface area contributed by atoms with E-state index in [-0.39, 0.29) is 0 Å². The number of rotatable bonds is 7. The minimum absolute atomic E-state index is 0.371. The monoisotopic (exact) mass is 437 g/mol. The Bertz CT molecular complexity index is 733. The van der Waals surface area contributed by atoms with Gasteiger partial charge in [-0.15, -0.1) is 0 Å². The quantitative estimate of drug-likeness (QED) is 0.454. The Morgan fingerprint density at radius 2 is 1.50 bits per heavy atom.